The molecule has 2 heterocycles. The zero-order chi connectivity index (χ0) is 23.7. The van der Waals surface area contributed by atoms with Crippen LogP contribution in [0.4, 0.5) is 0 Å². The molecule has 0 saturated heterocycles. The van der Waals surface area contributed by atoms with Gasteiger partial charge < -0.3 is 33.0 Å². The fraction of sp³-hybridized carbons (Fsp3) is 0.250. The van der Waals surface area contributed by atoms with Crippen molar-refractivity contribution in [2.45, 2.75) is 6.92 Å². The second-order valence-electron chi connectivity index (χ2n) is 6.96. The van der Waals surface area contributed by atoms with Crippen molar-refractivity contribution in [2.75, 3.05) is 34.7 Å². The first-order valence-electron chi connectivity index (χ1n) is 10.1. The Bertz CT molecular complexity index is 1300. The maximum atomic E-state index is 13.4. The number of carbonyl (C=O) groups excluding carboxylic acids is 1. The number of aromatic nitrogens is 1. The van der Waals surface area contributed by atoms with Crippen LogP contribution in [0.2, 0.25) is 0 Å². The van der Waals surface area contributed by atoms with Crippen LogP contribution < -0.4 is 29.1 Å². The van der Waals surface area contributed by atoms with Gasteiger partial charge in [-0.05, 0) is 19.1 Å². The molecule has 0 amide bonds. The molecule has 0 radical (unpaired) electrons. The highest BCUT2D eigenvalue weighted by molar-refractivity contribution is 5.99. The smallest absolute Gasteiger partial charge is 0.344 e. The number of carbonyl (C=O) groups is 1. The van der Waals surface area contributed by atoms with E-state index in [0.29, 0.717) is 40.0 Å². The first kappa shape index (κ1) is 22.1. The first-order valence-corrected chi connectivity index (χ1v) is 10.1. The van der Waals surface area contributed by atoms with Crippen LogP contribution in [-0.2, 0) is 4.74 Å². The van der Waals surface area contributed by atoms with Crippen molar-refractivity contribution in [3.63, 3.8) is 0 Å². The van der Waals surface area contributed by atoms with Gasteiger partial charge in [-0.2, -0.15) is 0 Å². The number of esters is 1. The third kappa shape index (κ3) is 3.51. The van der Waals surface area contributed by atoms with Crippen molar-refractivity contribution < 1.29 is 33.2 Å². The van der Waals surface area contributed by atoms with Crippen LogP contribution in [0.15, 0.2) is 35.6 Å². The molecule has 1 aromatic heterocycles. The first-order chi connectivity index (χ1) is 16.0. The number of fused-ring (bicyclic) bond motifs is 2. The van der Waals surface area contributed by atoms with Crippen molar-refractivity contribution in [1.29, 1.82) is 0 Å². The molecule has 9 nitrogen and oxygen atoms in total. The highest BCUT2D eigenvalue weighted by Crippen LogP contribution is 2.42. The number of nitrogens with zero attached hydrogens (tertiary/aromatic N) is 1. The second-order valence-corrected chi connectivity index (χ2v) is 6.96. The largest absolute Gasteiger partial charge is 0.493 e. The lowest BCUT2D eigenvalue weighted by Crippen LogP contribution is -2.24. The molecule has 0 saturated carbocycles. The third-order valence-corrected chi connectivity index (χ3v) is 5.28. The molecular formula is C24H23NO8. The Kier molecular flexibility index (Phi) is 5.87. The zero-order valence-electron chi connectivity index (χ0n) is 18.7. The summed E-state index contributed by atoms with van der Waals surface area (Å²) in [5.41, 5.74) is 0.613. The molecule has 0 bridgehead atoms. The van der Waals surface area contributed by atoms with Crippen molar-refractivity contribution in [2.24, 2.45) is 0 Å². The van der Waals surface area contributed by atoms with Crippen LogP contribution in [0.3, 0.4) is 0 Å². The Labute approximate surface area is 189 Å². The van der Waals surface area contributed by atoms with E-state index in [2.05, 4.69) is 6.58 Å². The van der Waals surface area contributed by atoms with Crippen LogP contribution in [0.5, 0.6) is 28.7 Å². The number of hydrogen-bond acceptors (Lipinski definition) is 8. The Morgan fingerprint density at radius 2 is 1.70 bits per heavy atom. The molecule has 9 heteroatoms. The van der Waals surface area contributed by atoms with E-state index < -0.39 is 11.4 Å². The number of methoxy groups -OCH3 is 3. The van der Waals surface area contributed by atoms with E-state index in [9.17, 15) is 9.59 Å². The predicted molar refractivity (Wildman–Crippen MR) is 121 cm³/mol. The minimum absolute atomic E-state index is 0.0308. The molecule has 0 spiro atoms. The standard InChI is InChI=1S/C24H23NO8/c1-6-15-21(24(27)31-7-2)22(26)14-10-17-18(33-12-32-17)11-16(14)25(15)13-8-19(28-3)23(30-5)20(9-13)29-4/h6,8-11H,1,7,12H2,2-5H3. The minimum Gasteiger partial charge on any atom is -0.493 e. The lowest BCUT2D eigenvalue weighted by atomic mass is 10.0. The molecule has 1 aliphatic heterocycles. The molecule has 4 rings (SSSR count). The molecule has 0 atom stereocenters. The quantitative estimate of drug-likeness (QED) is 0.501. The molecule has 0 N–H and O–H groups in total. The number of hydrogen-bond donors (Lipinski definition) is 0. The van der Waals surface area contributed by atoms with E-state index in [1.165, 1.54) is 27.4 Å². The van der Waals surface area contributed by atoms with E-state index in [-0.39, 0.29) is 30.0 Å². The summed E-state index contributed by atoms with van der Waals surface area (Å²) in [6.07, 6.45) is 1.43. The van der Waals surface area contributed by atoms with Crippen LogP contribution in [0.25, 0.3) is 22.7 Å². The fourth-order valence-corrected chi connectivity index (χ4v) is 3.86. The van der Waals surface area contributed by atoms with Gasteiger partial charge in [-0.15, -0.1) is 0 Å². The molecule has 0 aliphatic carbocycles. The third-order valence-electron chi connectivity index (χ3n) is 5.28. The van der Waals surface area contributed by atoms with Gasteiger partial charge in [0.25, 0.3) is 0 Å². The number of pyridine rings is 1. The highest BCUT2D eigenvalue weighted by atomic mass is 16.7. The Morgan fingerprint density at radius 1 is 1.06 bits per heavy atom. The van der Waals surface area contributed by atoms with Gasteiger partial charge in [0, 0.05) is 18.2 Å². The van der Waals surface area contributed by atoms with Gasteiger partial charge >= 0.3 is 5.97 Å². The summed E-state index contributed by atoms with van der Waals surface area (Å²) in [4.78, 5) is 26.3. The van der Waals surface area contributed by atoms with E-state index in [1.807, 2.05) is 0 Å². The molecule has 2 aromatic carbocycles. The summed E-state index contributed by atoms with van der Waals surface area (Å²) >= 11 is 0. The van der Waals surface area contributed by atoms with Gasteiger partial charge in [-0.3, -0.25) is 4.79 Å². The van der Waals surface area contributed by atoms with Crippen LogP contribution >= 0.6 is 0 Å². The lowest BCUT2D eigenvalue weighted by molar-refractivity contribution is 0.0524. The van der Waals surface area contributed by atoms with E-state index in [0.717, 1.165) is 0 Å². The second kappa shape index (κ2) is 8.78. The summed E-state index contributed by atoms with van der Waals surface area (Å²) in [6.45, 7) is 5.66. The summed E-state index contributed by atoms with van der Waals surface area (Å²) in [5.74, 6) is 1.33. The van der Waals surface area contributed by atoms with Crippen LogP contribution in [-0.4, -0.2) is 45.3 Å². The maximum Gasteiger partial charge on any atom is 0.344 e. The summed E-state index contributed by atoms with van der Waals surface area (Å²) in [7, 11) is 4.51. The number of ether oxygens (including phenoxy) is 6. The molecule has 1 aliphatic rings. The molecular weight excluding hydrogens is 430 g/mol. The topological polar surface area (TPSA) is 94.5 Å². The summed E-state index contributed by atoms with van der Waals surface area (Å²) in [5, 5.41) is 0.252. The fourth-order valence-electron chi connectivity index (χ4n) is 3.86. The Morgan fingerprint density at radius 3 is 2.24 bits per heavy atom. The average Bonchev–Trinajstić information content (AvgIpc) is 3.29. The van der Waals surface area contributed by atoms with Crippen molar-refractivity contribution >= 4 is 22.9 Å². The van der Waals surface area contributed by atoms with Gasteiger partial charge in [-0.1, -0.05) is 6.58 Å². The van der Waals surface area contributed by atoms with Gasteiger partial charge in [0.1, 0.15) is 5.56 Å². The number of benzene rings is 2. The Hall–Kier alpha value is -4.14. The van der Waals surface area contributed by atoms with E-state index in [4.69, 9.17) is 28.4 Å². The monoisotopic (exact) mass is 453 g/mol. The lowest BCUT2D eigenvalue weighted by Gasteiger charge is -2.21. The SMILES string of the molecule is C=Cc1c(C(=O)OCC)c(=O)c2cc3c(cc2n1-c1cc(OC)c(OC)c(OC)c1)OCO3. The van der Waals surface area contributed by atoms with Crippen LogP contribution in [0.1, 0.15) is 23.0 Å². The van der Waals surface area contributed by atoms with Gasteiger partial charge in [0.2, 0.25) is 18.0 Å². The Balaban J connectivity index is 2.18. The van der Waals surface area contributed by atoms with Gasteiger partial charge in [0.05, 0.1) is 50.2 Å². The van der Waals surface area contributed by atoms with Crippen molar-refractivity contribution in [3.05, 3.63) is 52.3 Å². The maximum absolute atomic E-state index is 13.4. The highest BCUT2D eigenvalue weighted by Gasteiger charge is 2.27. The predicted octanol–water partition coefficient (Wildman–Crippen LogP) is 3.56. The molecule has 33 heavy (non-hydrogen) atoms. The van der Waals surface area contributed by atoms with Gasteiger partial charge in [-0.25, -0.2) is 4.79 Å². The van der Waals surface area contributed by atoms with E-state index in [1.54, 1.807) is 35.8 Å². The summed E-state index contributed by atoms with van der Waals surface area (Å²) < 4.78 is 34.3. The zero-order valence-corrected chi connectivity index (χ0v) is 18.7. The van der Waals surface area contributed by atoms with Gasteiger partial charge in [0.15, 0.2) is 23.0 Å². The molecule has 3 aromatic rings. The van der Waals surface area contributed by atoms with Crippen molar-refractivity contribution in [3.8, 4) is 34.4 Å². The molecule has 0 unspecified atom stereocenters. The average molecular weight is 453 g/mol. The normalized spacial score (nSPS) is 11.9. The molecule has 172 valence electrons. The minimum atomic E-state index is -0.752. The molecule has 0 fully saturated rings. The van der Waals surface area contributed by atoms with Crippen molar-refractivity contribution in [1.82, 2.24) is 4.57 Å². The van der Waals surface area contributed by atoms with Crippen LogP contribution in [0, 0.1) is 0 Å². The summed E-state index contributed by atoms with van der Waals surface area (Å²) in [6, 6.07) is 6.66. The number of rotatable bonds is 7. The van der Waals surface area contributed by atoms with E-state index >= 15 is 0 Å².